The number of para-hydroxylation sites is 1. The number of amides is 1. The zero-order valence-electron chi connectivity index (χ0n) is 10.3. The van der Waals surface area contributed by atoms with Crippen LogP contribution in [-0.4, -0.2) is 11.7 Å². The van der Waals surface area contributed by atoms with Crippen LogP contribution in [0.25, 0.3) is 0 Å². The summed E-state index contributed by atoms with van der Waals surface area (Å²) in [5, 5.41) is 2.81. The van der Waals surface area contributed by atoms with Gasteiger partial charge in [-0.2, -0.15) is 0 Å². The number of nitrogens with one attached hydrogen (secondary N) is 1. The van der Waals surface area contributed by atoms with Gasteiger partial charge in [-0.05, 0) is 11.6 Å². The van der Waals surface area contributed by atoms with E-state index in [0.29, 0.717) is 5.56 Å². The van der Waals surface area contributed by atoms with Crippen molar-refractivity contribution >= 4 is 17.4 Å². The second-order valence-electron chi connectivity index (χ2n) is 4.62. The molecule has 1 heterocycles. The molecule has 0 aromatic heterocycles. The number of carbonyl (C=O) groups excluding carboxylic acids is 2. The summed E-state index contributed by atoms with van der Waals surface area (Å²) in [6.45, 7) is 0. The number of hydrogen-bond acceptors (Lipinski definition) is 2. The predicted octanol–water partition coefficient (Wildman–Crippen LogP) is 3.00. The molecule has 3 heteroatoms. The van der Waals surface area contributed by atoms with E-state index in [-0.39, 0.29) is 24.0 Å². The van der Waals surface area contributed by atoms with Gasteiger partial charge in [0.1, 0.15) is 0 Å². The molecule has 94 valence electrons. The van der Waals surface area contributed by atoms with E-state index in [0.717, 1.165) is 11.3 Å². The zero-order valence-corrected chi connectivity index (χ0v) is 10.3. The van der Waals surface area contributed by atoms with Crippen molar-refractivity contribution in [2.45, 2.75) is 12.3 Å². The summed E-state index contributed by atoms with van der Waals surface area (Å²) in [5.41, 5.74) is 2.38. The minimum Gasteiger partial charge on any atom is -0.325 e. The molecule has 0 radical (unpaired) electrons. The number of ketones is 1. The molecule has 0 bridgehead atoms. The van der Waals surface area contributed by atoms with Gasteiger partial charge in [-0.1, -0.05) is 48.5 Å². The van der Waals surface area contributed by atoms with Crippen molar-refractivity contribution in [1.29, 1.82) is 0 Å². The summed E-state index contributed by atoms with van der Waals surface area (Å²) in [5.74, 6) is -0.466. The molecule has 2 aromatic rings. The highest BCUT2D eigenvalue weighted by Crippen LogP contribution is 2.34. The van der Waals surface area contributed by atoms with E-state index in [4.69, 9.17) is 0 Å². The minimum absolute atomic E-state index is 0.00236. The number of fused-ring (bicyclic) bond motifs is 1. The Bertz CT molecular complexity index is 634. The van der Waals surface area contributed by atoms with E-state index >= 15 is 0 Å². The molecule has 0 unspecified atom stereocenters. The Morgan fingerprint density at radius 2 is 1.68 bits per heavy atom. The molecule has 0 aliphatic carbocycles. The quantitative estimate of drug-likeness (QED) is 0.852. The van der Waals surface area contributed by atoms with Crippen LogP contribution in [0.4, 0.5) is 5.69 Å². The molecule has 3 nitrogen and oxygen atoms in total. The Kier molecular flexibility index (Phi) is 2.88. The number of rotatable bonds is 3. The maximum Gasteiger partial charge on any atom is 0.232 e. The van der Waals surface area contributed by atoms with Crippen LogP contribution in [0.15, 0.2) is 54.6 Å². The molecular weight excluding hydrogens is 238 g/mol. The molecule has 1 atom stereocenters. The molecule has 2 aromatic carbocycles. The Labute approximate surface area is 111 Å². The van der Waals surface area contributed by atoms with Crippen LogP contribution in [0.3, 0.4) is 0 Å². The molecule has 1 aliphatic heterocycles. The fourth-order valence-corrected chi connectivity index (χ4v) is 2.41. The maximum absolute atomic E-state index is 12.2. The smallest absolute Gasteiger partial charge is 0.232 e. The first-order chi connectivity index (χ1) is 9.25. The number of hydrogen-bond donors (Lipinski definition) is 1. The van der Waals surface area contributed by atoms with Crippen LogP contribution in [0.5, 0.6) is 0 Å². The zero-order chi connectivity index (χ0) is 13.2. The van der Waals surface area contributed by atoms with Crippen molar-refractivity contribution in [1.82, 2.24) is 0 Å². The van der Waals surface area contributed by atoms with Crippen molar-refractivity contribution in [3.8, 4) is 0 Å². The molecular formula is C16H13NO2. The van der Waals surface area contributed by atoms with E-state index in [9.17, 15) is 9.59 Å². The normalized spacial score (nSPS) is 16.8. The Morgan fingerprint density at radius 1 is 1.00 bits per heavy atom. The van der Waals surface area contributed by atoms with Crippen LogP contribution in [0, 0.1) is 0 Å². The molecule has 0 spiro atoms. The summed E-state index contributed by atoms with van der Waals surface area (Å²) < 4.78 is 0. The van der Waals surface area contributed by atoms with Gasteiger partial charge in [0, 0.05) is 17.7 Å². The third kappa shape index (κ3) is 2.15. The van der Waals surface area contributed by atoms with E-state index in [1.165, 1.54) is 0 Å². The van der Waals surface area contributed by atoms with Gasteiger partial charge in [-0.15, -0.1) is 0 Å². The maximum atomic E-state index is 12.2. The van der Waals surface area contributed by atoms with Crippen molar-refractivity contribution in [3.63, 3.8) is 0 Å². The molecule has 1 aliphatic rings. The fraction of sp³-hybridized carbons (Fsp3) is 0.125. The van der Waals surface area contributed by atoms with Crippen LogP contribution >= 0.6 is 0 Å². The second-order valence-corrected chi connectivity index (χ2v) is 4.62. The van der Waals surface area contributed by atoms with E-state index in [1.54, 1.807) is 12.1 Å². The first kappa shape index (κ1) is 11.7. The third-order valence-electron chi connectivity index (χ3n) is 3.40. The molecule has 3 rings (SSSR count). The highest BCUT2D eigenvalue weighted by atomic mass is 16.2. The van der Waals surface area contributed by atoms with Crippen LogP contribution < -0.4 is 5.32 Å². The summed E-state index contributed by atoms with van der Waals surface area (Å²) >= 11 is 0. The van der Waals surface area contributed by atoms with Crippen LogP contribution in [-0.2, 0) is 4.79 Å². The molecule has 19 heavy (non-hydrogen) atoms. The Morgan fingerprint density at radius 3 is 2.47 bits per heavy atom. The second kappa shape index (κ2) is 4.69. The first-order valence-electron chi connectivity index (χ1n) is 6.24. The molecule has 1 amide bonds. The lowest BCUT2D eigenvalue weighted by molar-refractivity contribution is -0.117. The van der Waals surface area contributed by atoms with Gasteiger partial charge in [0.25, 0.3) is 0 Å². The van der Waals surface area contributed by atoms with E-state index in [1.807, 2.05) is 42.5 Å². The summed E-state index contributed by atoms with van der Waals surface area (Å²) in [6, 6.07) is 16.6. The van der Waals surface area contributed by atoms with E-state index in [2.05, 4.69) is 5.32 Å². The monoisotopic (exact) mass is 251 g/mol. The highest BCUT2D eigenvalue weighted by Gasteiger charge is 2.31. The van der Waals surface area contributed by atoms with Crippen LogP contribution in [0.1, 0.15) is 28.3 Å². The largest absolute Gasteiger partial charge is 0.325 e. The fourth-order valence-electron chi connectivity index (χ4n) is 2.41. The van der Waals surface area contributed by atoms with Gasteiger partial charge in [0.15, 0.2) is 5.78 Å². The van der Waals surface area contributed by atoms with Crippen molar-refractivity contribution in [2.75, 3.05) is 5.32 Å². The topological polar surface area (TPSA) is 46.2 Å². The number of anilines is 1. The number of benzene rings is 2. The molecule has 0 saturated carbocycles. The van der Waals surface area contributed by atoms with Crippen molar-refractivity contribution < 1.29 is 9.59 Å². The lowest BCUT2D eigenvalue weighted by Crippen LogP contribution is -2.16. The standard InChI is InChI=1S/C16H13NO2/c18-15(11-6-2-1-3-7-11)10-13-12-8-4-5-9-14(12)17-16(13)19/h1-9,13H,10H2,(H,17,19)/t13-/m1/s1. The van der Waals surface area contributed by atoms with Gasteiger partial charge in [-0.3, -0.25) is 9.59 Å². The third-order valence-corrected chi connectivity index (χ3v) is 3.40. The van der Waals surface area contributed by atoms with Gasteiger partial charge in [0.05, 0.1) is 5.92 Å². The van der Waals surface area contributed by atoms with Gasteiger partial charge < -0.3 is 5.32 Å². The highest BCUT2D eigenvalue weighted by molar-refractivity contribution is 6.07. The molecule has 0 fully saturated rings. The van der Waals surface area contributed by atoms with Gasteiger partial charge in [-0.25, -0.2) is 0 Å². The first-order valence-corrected chi connectivity index (χ1v) is 6.24. The summed E-state index contributed by atoms with van der Waals surface area (Å²) in [4.78, 5) is 24.1. The van der Waals surface area contributed by atoms with E-state index < -0.39 is 0 Å². The lowest BCUT2D eigenvalue weighted by Gasteiger charge is -2.07. The number of carbonyl (C=O) groups is 2. The average Bonchev–Trinajstić information content (AvgIpc) is 2.76. The van der Waals surface area contributed by atoms with Gasteiger partial charge >= 0.3 is 0 Å². The van der Waals surface area contributed by atoms with Crippen LogP contribution in [0.2, 0.25) is 0 Å². The van der Waals surface area contributed by atoms with Crippen molar-refractivity contribution in [3.05, 3.63) is 65.7 Å². The average molecular weight is 251 g/mol. The Hall–Kier alpha value is -2.42. The summed E-state index contributed by atoms with van der Waals surface area (Å²) in [6.07, 6.45) is 0.215. The van der Waals surface area contributed by atoms with Crippen molar-refractivity contribution in [2.24, 2.45) is 0 Å². The Balaban J connectivity index is 1.85. The lowest BCUT2D eigenvalue weighted by atomic mass is 9.93. The molecule has 0 saturated heterocycles. The summed E-state index contributed by atoms with van der Waals surface area (Å²) in [7, 11) is 0. The van der Waals surface area contributed by atoms with Gasteiger partial charge in [0.2, 0.25) is 5.91 Å². The number of Topliss-reactive ketones (excluding diaryl/α,β-unsaturated/α-hetero) is 1. The predicted molar refractivity (Wildman–Crippen MR) is 73.2 cm³/mol. The minimum atomic E-state index is -0.371. The molecule has 1 N–H and O–H groups in total. The SMILES string of the molecule is O=C(C[C@H]1C(=O)Nc2ccccc21)c1ccccc1.